The fraction of sp³-hybridized carbons (Fsp3) is 0.857. The zero-order valence-electron chi connectivity index (χ0n) is 11.2. The standard InChI is InChI=1S/C14H26N2S/c1-4-10-17-11-9-16-8-6-7-15-14(12-16)13(3)5-2/h1,13-15H,5-12H2,2-3H3. The number of thioether (sulfide) groups is 1. The first kappa shape index (κ1) is 14.9. The van der Waals surface area contributed by atoms with Crippen molar-refractivity contribution in [1.29, 1.82) is 0 Å². The molecule has 0 aromatic rings. The van der Waals surface area contributed by atoms with Crippen molar-refractivity contribution in [2.45, 2.75) is 32.7 Å². The van der Waals surface area contributed by atoms with Gasteiger partial charge in [0.05, 0.1) is 5.75 Å². The summed E-state index contributed by atoms with van der Waals surface area (Å²) in [6.45, 7) is 9.42. The average Bonchev–Trinajstić information content (AvgIpc) is 2.59. The number of rotatable bonds is 6. The van der Waals surface area contributed by atoms with Crippen LogP contribution in [0, 0.1) is 18.3 Å². The Bertz CT molecular complexity index is 237. The van der Waals surface area contributed by atoms with Gasteiger partial charge in [-0.3, -0.25) is 0 Å². The molecule has 2 unspecified atom stereocenters. The van der Waals surface area contributed by atoms with Crippen LogP contribution in [0.15, 0.2) is 0 Å². The van der Waals surface area contributed by atoms with Crippen molar-refractivity contribution in [2.75, 3.05) is 37.7 Å². The van der Waals surface area contributed by atoms with Crippen molar-refractivity contribution in [2.24, 2.45) is 5.92 Å². The molecule has 0 aliphatic carbocycles. The SMILES string of the molecule is C#CCSCCN1CCCNC(C(C)CC)C1. The molecule has 98 valence electrons. The van der Waals surface area contributed by atoms with Crippen molar-refractivity contribution < 1.29 is 0 Å². The molecule has 2 nitrogen and oxygen atoms in total. The molecule has 0 bridgehead atoms. The van der Waals surface area contributed by atoms with Crippen molar-refractivity contribution in [1.82, 2.24) is 10.2 Å². The summed E-state index contributed by atoms with van der Waals surface area (Å²) in [5, 5.41) is 3.68. The number of hydrogen-bond donors (Lipinski definition) is 1. The zero-order valence-corrected chi connectivity index (χ0v) is 12.1. The van der Waals surface area contributed by atoms with Crippen molar-refractivity contribution in [3.8, 4) is 12.3 Å². The van der Waals surface area contributed by atoms with E-state index in [1.165, 1.54) is 39.0 Å². The van der Waals surface area contributed by atoms with E-state index < -0.39 is 0 Å². The maximum absolute atomic E-state index is 5.26. The van der Waals surface area contributed by atoms with Gasteiger partial charge in [0.25, 0.3) is 0 Å². The van der Waals surface area contributed by atoms with Crippen LogP contribution in [0.5, 0.6) is 0 Å². The van der Waals surface area contributed by atoms with E-state index in [9.17, 15) is 0 Å². The van der Waals surface area contributed by atoms with E-state index in [2.05, 4.69) is 30.0 Å². The molecule has 0 aromatic heterocycles. The fourth-order valence-corrected chi connectivity index (χ4v) is 2.87. The molecular weight excluding hydrogens is 228 g/mol. The van der Waals surface area contributed by atoms with E-state index in [0.717, 1.165) is 17.4 Å². The van der Waals surface area contributed by atoms with Gasteiger partial charge >= 0.3 is 0 Å². The van der Waals surface area contributed by atoms with Gasteiger partial charge in [-0.05, 0) is 25.4 Å². The Kier molecular flexibility index (Phi) is 7.75. The number of terminal acetylenes is 1. The minimum absolute atomic E-state index is 0.667. The summed E-state index contributed by atoms with van der Waals surface area (Å²) in [6.07, 6.45) is 7.79. The lowest BCUT2D eigenvalue weighted by Gasteiger charge is -2.27. The van der Waals surface area contributed by atoms with Gasteiger partial charge in [0.1, 0.15) is 0 Å². The number of hydrogen-bond acceptors (Lipinski definition) is 3. The Morgan fingerprint density at radius 3 is 3.12 bits per heavy atom. The van der Waals surface area contributed by atoms with Crippen LogP contribution >= 0.6 is 11.8 Å². The van der Waals surface area contributed by atoms with Gasteiger partial charge in [-0.2, -0.15) is 0 Å². The topological polar surface area (TPSA) is 15.3 Å². The smallest absolute Gasteiger partial charge is 0.0545 e. The van der Waals surface area contributed by atoms with E-state index in [0.29, 0.717) is 6.04 Å². The molecule has 0 spiro atoms. The van der Waals surface area contributed by atoms with Crippen LogP contribution < -0.4 is 5.32 Å². The van der Waals surface area contributed by atoms with Crippen LogP contribution in [0.4, 0.5) is 0 Å². The van der Waals surface area contributed by atoms with Gasteiger partial charge in [0.15, 0.2) is 0 Å². The van der Waals surface area contributed by atoms with E-state index >= 15 is 0 Å². The minimum Gasteiger partial charge on any atom is -0.312 e. The third-order valence-electron chi connectivity index (χ3n) is 3.58. The van der Waals surface area contributed by atoms with E-state index in [-0.39, 0.29) is 0 Å². The first-order valence-electron chi connectivity index (χ1n) is 6.74. The molecule has 2 atom stereocenters. The molecule has 17 heavy (non-hydrogen) atoms. The second kappa shape index (κ2) is 8.85. The Morgan fingerprint density at radius 2 is 2.41 bits per heavy atom. The van der Waals surface area contributed by atoms with Gasteiger partial charge in [0.2, 0.25) is 0 Å². The molecule has 1 saturated heterocycles. The van der Waals surface area contributed by atoms with Crippen LogP contribution in [0.2, 0.25) is 0 Å². The highest BCUT2D eigenvalue weighted by atomic mass is 32.2. The fourth-order valence-electron chi connectivity index (χ4n) is 2.22. The maximum atomic E-state index is 5.26. The summed E-state index contributed by atoms with van der Waals surface area (Å²) < 4.78 is 0. The summed E-state index contributed by atoms with van der Waals surface area (Å²) in [7, 11) is 0. The first-order chi connectivity index (χ1) is 8.27. The Balaban J connectivity index is 2.30. The molecule has 1 aliphatic rings. The summed E-state index contributed by atoms with van der Waals surface area (Å²) in [5.74, 6) is 5.47. The third-order valence-corrected chi connectivity index (χ3v) is 4.42. The quantitative estimate of drug-likeness (QED) is 0.577. The van der Waals surface area contributed by atoms with Gasteiger partial charge in [-0.25, -0.2) is 0 Å². The highest BCUT2D eigenvalue weighted by molar-refractivity contribution is 7.99. The van der Waals surface area contributed by atoms with Gasteiger partial charge < -0.3 is 10.2 Å². The first-order valence-corrected chi connectivity index (χ1v) is 7.90. The van der Waals surface area contributed by atoms with E-state index in [4.69, 9.17) is 6.42 Å². The molecule has 1 rings (SSSR count). The molecule has 1 fully saturated rings. The largest absolute Gasteiger partial charge is 0.312 e. The van der Waals surface area contributed by atoms with Crippen molar-refractivity contribution >= 4 is 11.8 Å². The molecule has 0 amide bonds. The summed E-state index contributed by atoms with van der Waals surface area (Å²) >= 11 is 1.87. The lowest BCUT2D eigenvalue weighted by molar-refractivity contribution is 0.250. The molecule has 1 N–H and O–H groups in total. The molecule has 1 heterocycles. The molecule has 0 saturated carbocycles. The molecule has 0 radical (unpaired) electrons. The van der Waals surface area contributed by atoms with Crippen LogP contribution in [-0.2, 0) is 0 Å². The molecule has 1 aliphatic heterocycles. The van der Waals surface area contributed by atoms with Crippen LogP contribution in [-0.4, -0.2) is 48.6 Å². The minimum atomic E-state index is 0.667. The number of nitrogens with one attached hydrogen (secondary N) is 1. The average molecular weight is 254 g/mol. The maximum Gasteiger partial charge on any atom is 0.0545 e. The highest BCUT2D eigenvalue weighted by Crippen LogP contribution is 2.12. The molecule has 0 aromatic carbocycles. The summed E-state index contributed by atoms with van der Waals surface area (Å²) in [6, 6.07) is 0.667. The van der Waals surface area contributed by atoms with Gasteiger partial charge in [0, 0.05) is 24.9 Å². The Hall–Kier alpha value is -0.170. The Labute approximate surface area is 111 Å². The second-order valence-corrected chi connectivity index (χ2v) is 5.96. The van der Waals surface area contributed by atoms with Crippen molar-refractivity contribution in [3.05, 3.63) is 0 Å². The number of nitrogens with zero attached hydrogens (tertiary/aromatic N) is 1. The van der Waals surface area contributed by atoms with E-state index in [1.54, 1.807) is 0 Å². The normalized spacial score (nSPS) is 23.9. The molecular formula is C14H26N2S. The summed E-state index contributed by atoms with van der Waals surface area (Å²) in [4.78, 5) is 2.60. The van der Waals surface area contributed by atoms with Gasteiger partial charge in [-0.15, -0.1) is 18.2 Å². The summed E-state index contributed by atoms with van der Waals surface area (Å²) in [5.41, 5.74) is 0. The lowest BCUT2D eigenvalue weighted by atomic mass is 9.99. The van der Waals surface area contributed by atoms with Crippen LogP contribution in [0.25, 0.3) is 0 Å². The highest BCUT2D eigenvalue weighted by Gasteiger charge is 2.21. The predicted molar refractivity (Wildman–Crippen MR) is 78.5 cm³/mol. The third kappa shape index (κ3) is 5.81. The van der Waals surface area contributed by atoms with Crippen molar-refractivity contribution in [3.63, 3.8) is 0 Å². The molecule has 3 heteroatoms. The lowest BCUT2D eigenvalue weighted by Crippen LogP contribution is -2.42. The second-order valence-electron chi connectivity index (χ2n) is 4.86. The van der Waals surface area contributed by atoms with E-state index in [1.807, 2.05) is 11.8 Å². The predicted octanol–water partition coefficient (Wildman–Crippen LogP) is 2.06. The van der Waals surface area contributed by atoms with Crippen LogP contribution in [0.1, 0.15) is 26.7 Å². The van der Waals surface area contributed by atoms with Gasteiger partial charge in [-0.1, -0.05) is 26.2 Å². The monoisotopic (exact) mass is 254 g/mol. The Morgan fingerprint density at radius 1 is 1.59 bits per heavy atom. The van der Waals surface area contributed by atoms with Crippen LogP contribution in [0.3, 0.4) is 0 Å². The zero-order chi connectivity index (χ0) is 12.5.